The van der Waals surface area contributed by atoms with Crippen molar-refractivity contribution < 1.29 is 4.74 Å². The van der Waals surface area contributed by atoms with Gasteiger partial charge in [0.15, 0.2) is 0 Å². The Morgan fingerprint density at radius 3 is 2.33 bits per heavy atom. The first-order valence-corrected chi connectivity index (χ1v) is 8.53. The highest BCUT2D eigenvalue weighted by atomic mass is 35.5. The van der Waals surface area contributed by atoms with Crippen LogP contribution in [0, 0.1) is 6.92 Å². The molecule has 4 nitrogen and oxygen atoms in total. The van der Waals surface area contributed by atoms with Crippen molar-refractivity contribution in [1.29, 1.82) is 0 Å². The van der Waals surface area contributed by atoms with Gasteiger partial charge in [-0.05, 0) is 51.5 Å². The van der Waals surface area contributed by atoms with Crippen LogP contribution in [0.4, 0.5) is 11.4 Å². The van der Waals surface area contributed by atoms with E-state index in [1.807, 2.05) is 0 Å². The van der Waals surface area contributed by atoms with E-state index in [1.54, 1.807) is 0 Å². The summed E-state index contributed by atoms with van der Waals surface area (Å²) in [6, 6.07) is 7.49. The van der Waals surface area contributed by atoms with Crippen molar-refractivity contribution in [3.63, 3.8) is 0 Å². The van der Waals surface area contributed by atoms with Crippen molar-refractivity contribution in [3.05, 3.63) is 23.8 Å². The molecule has 3 rings (SSSR count). The Labute approximate surface area is 158 Å². The Hall–Kier alpha value is -0.680. The Bertz CT molecular complexity index is 519. The Balaban J connectivity index is 0.00000144. The number of morpholine rings is 1. The third kappa shape index (κ3) is 4.69. The standard InChI is InChI=1S/C18H29N3O.2ClH/c1-13-9-17(21-8-7-19-10-14(21)2)5-6-18(13)20-11-15(3)22-16(4)12-20;;/h5-6,9,14-16,19H,7-8,10-12H2,1-4H3;2*1H/t14-,15-,16+;;/m1../s1. The summed E-state index contributed by atoms with van der Waals surface area (Å²) in [5, 5.41) is 3.46. The predicted molar refractivity (Wildman–Crippen MR) is 108 cm³/mol. The van der Waals surface area contributed by atoms with Crippen LogP contribution in [0.1, 0.15) is 26.3 Å². The van der Waals surface area contributed by atoms with Crippen molar-refractivity contribution in [2.24, 2.45) is 0 Å². The molecule has 2 aliphatic rings. The van der Waals surface area contributed by atoms with E-state index in [9.17, 15) is 0 Å². The van der Waals surface area contributed by atoms with Crippen molar-refractivity contribution in [1.82, 2.24) is 5.32 Å². The quantitative estimate of drug-likeness (QED) is 0.858. The molecule has 2 heterocycles. The summed E-state index contributed by atoms with van der Waals surface area (Å²) in [5.74, 6) is 0. The van der Waals surface area contributed by atoms with E-state index in [4.69, 9.17) is 4.74 Å². The lowest BCUT2D eigenvalue weighted by Crippen LogP contribution is -2.50. The van der Waals surface area contributed by atoms with Crippen LogP contribution in [0.5, 0.6) is 0 Å². The van der Waals surface area contributed by atoms with Crippen molar-refractivity contribution in [2.45, 2.75) is 45.9 Å². The Kier molecular flexibility index (Phi) is 8.13. The van der Waals surface area contributed by atoms with Crippen LogP contribution in [-0.2, 0) is 4.74 Å². The van der Waals surface area contributed by atoms with Crippen molar-refractivity contribution >= 4 is 36.2 Å². The first kappa shape index (κ1) is 21.4. The van der Waals surface area contributed by atoms with E-state index in [0.29, 0.717) is 18.2 Å². The fourth-order valence-corrected chi connectivity index (χ4v) is 3.77. The minimum Gasteiger partial charge on any atom is -0.372 e. The average molecular weight is 376 g/mol. The number of benzene rings is 1. The summed E-state index contributed by atoms with van der Waals surface area (Å²) in [7, 11) is 0. The summed E-state index contributed by atoms with van der Waals surface area (Å²) < 4.78 is 5.85. The van der Waals surface area contributed by atoms with Gasteiger partial charge < -0.3 is 19.9 Å². The van der Waals surface area contributed by atoms with Gasteiger partial charge in [0.2, 0.25) is 0 Å². The van der Waals surface area contributed by atoms with Gasteiger partial charge in [-0.3, -0.25) is 0 Å². The highest BCUT2D eigenvalue weighted by Gasteiger charge is 2.24. The zero-order valence-electron chi connectivity index (χ0n) is 15.1. The van der Waals surface area contributed by atoms with E-state index < -0.39 is 0 Å². The molecule has 3 atom stereocenters. The molecule has 0 amide bonds. The minimum absolute atomic E-state index is 0. The second-order valence-corrected chi connectivity index (χ2v) is 6.88. The van der Waals surface area contributed by atoms with Gasteiger partial charge >= 0.3 is 0 Å². The molecule has 6 heteroatoms. The Morgan fingerprint density at radius 1 is 1.08 bits per heavy atom. The largest absolute Gasteiger partial charge is 0.372 e. The number of aryl methyl sites for hydroxylation is 1. The Morgan fingerprint density at radius 2 is 1.75 bits per heavy atom. The zero-order valence-corrected chi connectivity index (χ0v) is 16.8. The number of rotatable bonds is 2. The van der Waals surface area contributed by atoms with Crippen LogP contribution in [0.3, 0.4) is 0 Å². The number of piperazine rings is 1. The van der Waals surface area contributed by atoms with Crippen LogP contribution in [0.25, 0.3) is 0 Å². The predicted octanol–water partition coefficient (Wildman–Crippen LogP) is 3.25. The average Bonchev–Trinajstić information content (AvgIpc) is 2.46. The van der Waals surface area contributed by atoms with E-state index in [0.717, 1.165) is 32.7 Å². The SMILES string of the molecule is Cc1cc(N2CCNC[C@H]2C)ccc1N1C[C@@H](C)O[C@@H](C)C1.Cl.Cl. The smallest absolute Gasteiger partial charge is 0.0726 e. The van der Waals surface area contributed by atoms with Crippen LogP contribution >= 0.6 is 24.8 Å². The van der Waals surface area contributed by atoms with E-state index in [-0.39, 0.29) is 24.8 Å². The molecule has 0 saturated carbocycles. The monoisotopic (exact) mass is 375 g/mol. The highest BCUT2D eigenvalue weighted by molar-refractivity contribution is 5.85. The van der Waals surface area contributed by atoms with Crippen LogP contribution < -0.4 is 15.1 Å². The first-order chi connectivity index (χ1) is 10.5. The van der Waals surface area contributed by atoms with Gasteiger partial charge in [-0.1, -0.05) is 0 Å². The second-order valence-electron chi connectivity index (χ2n) is 6.88. The van der Waals surface area contributed by atoms with Gasteiger partial charge in [-0.2, -0.15) is 0 Å². The number of nitrogens with one attached hydrogen (secondary N) is 1. The van der Waals surface area contributed by atoms with E-state index >= 15 is 0 Å². The van der Waals surface area contributed by atoms with Crippen LogP contribution in [0.2, 0.25) is 0 Å². The van der Waals surface area contributed by atoms with Crippen molar-refractivity contribution in [3.8, 4) is 0 Å². The summed E-state index contributed by atoms with van der Waals surface area (Å²) in [6.45, 7) is 14.0. The molecule has 1 aromatic rings. The van der Waals surface area contributed by atoms with Crippen LogP contribution in [-0.4, -0.2) is 51.0 Å². The maximum absolute atomic E-state index is 5.85. The van der Waals surface area contributed by atoms with Crippen molar-refractivity contribution in [2.75, 3.05) is 42.5 Å². The molecule has 2 saturated heterocycles. The summed E-state index contributed by atoms with van der Waals surface area (Å²) in [4.78, 5) is 4.98. The molecule has 138 valence electrons. The normalized spacial score (nSPS) is 27.2. The van der Waals surface area contributed by atoms with Gasteiger partial charge in [0.25, 0.3) is 0 Å². The number of hydrogen-bond donors (Lipinski definition) is 1. The molecular weight excluding hydrogens is 345 g/mol. The molecule has 0 bridgehead atoms. The number of halogens is 2. The fraction of sp³-hybridized carbons (Fsp3) is 0.667. The molecule has 1 aromatic carbocycles. The summed E-state index contributed by atoms with van der Waals surface area (Å²) in [5.41, 5.74) is 4.07. The van der Waals surface area contributed by atoms with E-state index in [2.05, 4.69) is 61.0 Å². The molecule has 0 aliphatic carbocycles. The number of hydrogen-bond acceptors (Lipinski definition) is 4. The number of ether oxygens (including phenoxy) is 1. The summed E-state index contributed by atoms with van der Waals surface area (Å²) >= 11 is 0. The topological polar surface area (TPSA) is 27.7 Å². The number of anilines is 2. The van der Waals surface area contributed by atoms with E-state index in [1.165, 1.54) is 16.9 Å². The summed E-state index contributed by atoms with van der Waals surface area (Å²) in [6.07, 6.45) is 0.604. The van der Waals surface area contributed by atoms with Gasteiger partial charge in [-0.15, -0.1) is 24.8 Å². The van der Waals surface area contributed by atoms with Gasteiger partial charge in [0.1, 0.15) is 0 Å². The lowest BCUT2D eigenvalue weighted by atomic mass is 10.1. The molecule has 0 spiro atoms. The molecule has 2 aliphatic heterocycles. The molecular formula is C18H31Cl2N3O. The highest BCUT2D eigenvalue weighted by Crippen LogP contribution is 2.29. The lowest BCUT2D eigenvalue weighted by Gasteiger charge is -2.39. The molecule has 0 unspecified atom stereocenters. The fourth-order valence-electron chi connectivity index (χ4n) is 3.77. The van der Waals surface area contributed by atoms with Gasteiger partial charge in [0.05, 0.1) is 12.2 Å². The van der Waals surface area contributed by atoms with Gasteiger partial charge in [0, 0.05) is 50.1 Å². The third-order valence-corrected chi connectivity index (χ3v) is 4.77. The molecule has 2 fully saturated rings. The number of nitrogens with zero attached hydrogens (tertiary/aromatic N) is 2. The first-order valence-electron chi connectivity index (χ1n) is 8.53. The maximum atomic E-state index is 5.85. The molecule has 24 heavy (non-hydrogen) atoms. The third-order valence-electron chi connectivity index (χ3n) is 4.77. The molecule has 0 radical (unpaired) electrons. The second kappa shape index (κ2) is 9.14. The maximum Gasteiger partial charge on any atom is 0.0726 e. The van der Waals surface area contributed by atoms with Gasteiger partial charge in [-0.25, -0.2) is 0 Å². The molecule has 1 N–H and O–H groups in total. The molecule has 0 aromatic heterocycles. The lowest BCUT2D eigenvalue weighted by molar-refractivity contribution is -0.00524. The zero-order chi connectivity index (χ0) is 15.7. The van der Waals surface area contributed by atoms with Crippen LogP contribution in [0.15, 0.2) is 18.2 Å². The minimum atomic E-state index is 0.